The standard InChI is InChI=1S/C13H10BrFO4S2/c14-8-6-10(13(16)17)12(15)11(7-8)21(18,19)5-3-9-2-1-4-20-9/h1-2,4,6-7H,3,5H2,(H,16,17). The van der Waals surface area contributed by atoms with E-state index in [2.05, 4.69) is 15.9 Å². The van der Waals surface area contributed by atoms with E-state index in [-0.39, 0.29) is 16.6 Å². The molecule has 0 saturated carbocycles. The number of aryl methyl sites for hydroxylation is 1. The molecule has 21 heavy (non-hydrogen) atoms. The van der Waals surface area contributed by atoms with Crippen molar-refractivity contribution in [3.05, 3.63) is 50.4 Å². The van der Waals surface area contributed by atoms with Crippen molar-refractivity contribution in [1.82, 2.24) is 0 Å². The zero-order valence-electron chi connectivity index (χ0n) is 10.5. The van der Waals surface area contributed by atoms with E-state index in [1.54, 1.807) is 12.1 Å². The molecule has 2 rings (SSSR count). The van der Waals surface area contributed by atoms with Crippen molar-refractivity contribution < 1.29 is 22.7 Å². The fourth-order valence-corrected chi connectivity index (χ4v) is 4.59. The summed E-state index contributed by atoms with van der Waals surface area (Å²) in [7, 11) is -3.91. The minimum Gasteiger partial charge on any atom is -0.478 e. The van der Waals surface area contributed by atoms with Crippen LogP contribution in [-0.2, 0) is 16.3 Å². The molecule has 0 saturated heterocycles. The third kappa shape index (κ3) is 3.69. The van der Waals surface area contributed by atoms with Crippen LogP contribution in [0.1, 0.15) is 15.2 Å². The largest absolute Gasteiger partial charge is 0.478 e. The molecule has 0 radical (unpaired) electrons. The lowest BCUT2D eigenvalue weighted by Crippen LogP contribution is -2.13. The van der Waals surface area contributed by atoms with Crippen molar-refractivity contribution in [3.8, 4) is 0 Å². The van der Waals surface area contributed by atoms with Crippen LogP contribution in [0, 0.1) is 5.82 Å². The van der Waals surface area contributed by atoms with Gasteiger partial charge in [-0.25, -0.2) is 17.6 Å². The maximum Gasteiger partial charge on any atom is 0.338 e. The molecule has 0 spiro atoms. The molecule has 1 heterocycles. The minimum absolute atomic E-state index is 0.205. The van der Waals surface area contributed by atoms with Gasteiger partial charge < -0.3 is 5.11 Å². The Morgan fingerprint density at radius 1 is 1.38 bits per heavy atom. The molecule has 112 valence electrons. The Morgan fingerprint density at radius 2 is 2.10 bits per heavy atom. The van der Waals surface area contributed by atoms with Crippen molar-refractivity contribution in [2.75, 3.05) is 5.75 Å². The van der Waals surface area contributed by atoms with Gasteiger partial charge in [0.15, 0.2) is 15.7 Å². The van der Waals surface area contributed by atoms with Crippen LogP contribution in [-0.4, -0.2) is 25.2 Å². The Morgan fingerprint density at radius 3 is 2.67 bits per heavy atom. The number of rotatable bonds is 5. The van der Waals surface area contributed by atoms with Gasteiger partial charge in [0.2, 0.25) is 0 Å². The Labute approximate surface area is 133 Å². The van der Waals surface area contributed by atoms with E-state index in [1.807, 2.05) is 5.38 Å². The Hall–Kier alpha value is -1.25. The van der Waals surface area contributed by atoms with Crippen LogP contribution in [0.3, 0.4) is 0 Å². The maximum absolute atomic E-state index is 14.1. The number of aromatic carboxylic acids is 1. The summed E-state index contributed by atoms with van der Waals surface area (Å²) in [5.74, 6) is -3.01. The fraction of sp³-hybridized carbons (Fsp3) is 0.154. The van der Waals surface area contributed by atoms with Crippen molar-refractivity contribution in [2.24, 2.45) is 0 Å². The van der Waals surface area contributed by atoms with Gasteiger partial charge in [-0.05, 0) is 30.0 Å². The van der Waals surface area contributed by atoms with E-state index in [0.717, 1.165) is 17.0 Å². The van der Waals surface area contributed by atoms with Gasteiger partial charge in [-0.1, -0.05) is 22.0 Å². The van der Waals surface area contributed by atoms with Gasteiger partial charge in [0, 0.05) is 9.35 Å². The molecule has 0 amide bonds. The number of carboxylic acids is 1. The van der Waals surface area contributed by atoms with E-state index in [9.17, 15) is 17.6 Å². The van der Waals surface area contributed by atoms with Crippen LogP contribution in [0.25, 0.3) is 0 Å². The molecule has 8 heteroatoms. The van der Waals surface area contributed by atoms with Crippen molar-refractivity contribution in [1.29, 1.82) is 0 Å². The van der Waals surface area contributed by atoms with Gasteiger partial charge in [0.05, 0.1) is 11.3 Å². The number of thiophene rings is 1. The lowest BCUT2D eigenvalue weighted by molar-refractivity contribution is 0.0691. The van der Waals surface area contributed by atoms with Crippen LogP contribution >= 0.6 is 27.3 Å². The molecule has 0 bridgehead atoms. The Kier molecular flexibility index (Phi) is 4.80. The second kappa shape index (κ2) is 6.25. The molecule has 0 aliphatic heterocycles. The quantitative estimate of drug-likeness (QED) is 0.846. The molecule has 2 aromatic rings. The minimum atomic E-state index is -3.91. The average Bonchev–Trinajstić information content (AvgIpc) is 2.91. The summed E-state index contributed by atoms with van der Waals surface area (Å²) in [4.78, 5) is 11.2. The van der Waals surface area contributed by atoms with Gasteiger partial charge in [0.25, 0.3) is 0 Å². The molecular weight excluding hydrogens is 383 g/mol. The topological polar surface area (TPSA) is 71.4 Å². The van der Waals surface area contributed by atoms with Gasteiger partial charge in [-0.2, -0.15) is 0 Å². The van der Waals surface area contributed by atoms with Gasteiger partial charge >= 0.3 is 5.97 Å². The molecule has 0 aliphatic rings. The van der Waals surface area contributed by atoms with E-state index in [1.165, 1.54) is 11.3 Å². The lowest BCUT2D eigenvalue weighted by Gasteiger charge is -2.08. The maximum atomic E-state index is 14.1. The highest BCUT2D eigenvalue weighted by Gasteiger charge is 2.25. The molecule has 0 atom stereocenters. The second-order valence-corrected chi connectivity index (χ2v) is 8.24. The number of benzene rings is 1. The first-order valence-corrected chi connectivity index (χ1v) is 9.11. The zero-order valence-corrected chi connectivity index (χ0v) is 13.8. The van der Waals surface area contributed by atoms with Crippen LogP contribution < -0.4 is 0 Å². The van der Waals surface area contributed by atoms with Crippen LogP contribution in [0.2, 0.25) is 0 Å². The predicted molar refractivity (Wildman–Crippen MR) is 81.1 cm³/mol. The van der Waals surface area contributed by atoms with E-state index in [4.69, 9.17) is 5.11 Å². The van der Waals surface area contributed by atoms with Crippen molar-refractivity contribution in [3.63, 3.8) is 0 Å². The number of sulfone groups is 1. The summed E-state index contributed by atoms with van der Waals surface area (Å²) in [5, 5.41) is 10.7. The highest BCUT2D eigenvalue weighted by atomic mass is 79.9. The smallest absolute Gasteiger partial charge is 0.338 e. The zero-order chi connectivity index (χ0) is 15.6. The molecule has 1 N–H and O–H groups in total. The summed E-state index contributed by atoms with van der Waals surface area (Å²) in [5.41, 5.74) is -0.668. The summed E-state index contributed by atoms with van der Waals surface area (Å²) in [6, 6.07) is 5.72. The fourth-order valence-electron chi connectivity index (χ4n) is 1.75. The first kappa shape index (κ1) is 16.1. The van der Waals surface area contributed by atoms with Crippen LogP contribution in [0.4, 0.5) is 4.39 Å². The normalized spacial score (nSPS) is 11.5. The molecule has 0 aliphatic carbocycles. The predicted octanol–water partition coefficient (Wildman–Crippen LogP) is 3.36. The number of carboxylic acid groups (broad SMARTS) is 1. The summed E-state index contributed by atoms with van der Waals surface area (Å²) in [6.45, 7) is 0. The third-order valence-electron chi connectivity index (χ3n) is 2.77. The summed E-state index contributed by atoms with van der Waals surface area (Å²) in [6.07, 6.45) is 0.258. The molecule has 0 unspecified atom stereocenters. The number of hydrogen-bond acceptors (Lipinski definition) is 4. The first-order chi connectivity index (χ1) is 9.81. The highest BCUT2D eigenvalue weighted by Crippen LogP contribution is 2.26. The monoisotopic (exact) mass is 392 g/mol. The number of halogens is 2. The SMILES string of the molecule is O=C(O)c1cc(Br)cc(S(=O)(=O)CCc2cccs2)c1F. The van der Waals surface area contributed by atoms with E-state index in [0.29, 0.717) is 0 Å². The average molecular weight is 393 g/mol. The van der Waals surface area contributed by atoms with E-state index < -0.39 is 32.1 Å². The second-order valence-electron chi connectivity index (χ2n) is 4.22. The van der Waals surface area contributed by atoms with Gasteiger partial charge in [-0.15, -0.1) is 11.3 Å². The molecule has 1 aromatic carbocycles. The Balaban J connectivity index is 2.37. The lowest BCUT2D eigenvalue weighted by atomic mass is 10.2. The van der Waals surface area contributed by atoms with Crippen LogP contribution in [0.15, 0.2) is 39.0 Å². The van der Waals surface area contributed by atoms with E-state index >= 15 is 0 Å². The van der Waals surface area contributed by atoms with Gasteiger partial charge in [0.1, 0.15) is 4.90 Å². The number of carbonyl (C=O) groups is 1. The summed E-state index contributed by atoms with van der Waals surface area (Å²) >= 11 is 4.42. The molecule has 4 nitrogen and oxygen atoms in total. The first-order valence-electron chi connectivity index (χ1n) is 5.79. The Bertz CT molecular complexity index is 770. The molecule has 0 fully saturated rings. The summed E-state index contributed by atoms with van der Waals surface area (Å²) < 4.78 is 38.7. The number of hydrogen-bond donors (Lipinski definition) is 1. The van der Waals surface area contributed by atoms with Crippen molar-refractivity contribution >= 4 is 43.1 Å². The molecular formula is C13H10BrFO4S2. The highest BCUT2D eigenvalue weighted by molar-refractivity contribution is 9.10. The molecule has 1 aromatic heterocycles. The van der Waals surface area contributed by atoms with Gasteiger partial charge in [-0.3, -0.25) is 0 Å². The third-order valence-corrected chi connectivity index (χ3v) is 5.87. The van der Waals surface area contributed by atoms with Crippen LogP contribution in [0.5, 0.6) is 0 Å². The van der Waals surface area contributed by atoms with Crippen molar-refractivity contribution in [2.45, 2.75) is 11.3 Å².